The van der Waals surface area contributed by atoms with Gasteiger partial charge in [0, 0.05) is 25.2 Å². The number of anilines is 1. The minimum Gasteiger partial charge on any atom is -0.366 e. The Balaban J connectivity index is 1.91. The second-order valence-electron chi connectivity index (χ2n) is 4.62. The molecule has 2 fully saturated rings. The zero-order valence-corrected chi connectivity index (χ0v) is 10.1. The molecule has 2 aliphatic heterocycles. The zero-order chi connectivity index (χ0) is 11.8. The Morgan fingerprint density at radius 1 is 1.59 bits per heavy atom. The third kappa shape index (κ3) is 1.86. The van der Waals surface area contributed by atoms with Gasteiger partial charge in [0.2, 0.25) is 0 Å². The van der Waals surface area contributed by atoms with Gasteiger partial charge in [-0.3, -0.25) is 0 Å². The van der Waals surface area contributed by atoms with E-state index in [1.165, 1.54) is 6.42 Å². The number of nitrogens with one attached hydrogen (secondary N) is 1. The molecule has 5 heteroatoms. The maximum atomic E-state index is 8.97. The van der Waals surface area contributed by atoms with Gasteiger partial charge in [-0.1, -0.05) is 11.6 Å². The summed E-state index contributed by atoms with van der Waals surface area (Å²) in [5.74, 6) is 0. The standard InChI is InChI=1S/C12H13ClN4/c13-12-8(5-14)3-10(7-16-12)17-2-1-9-4-11(17)6-15-9/h3,7,9,11,15H,1-2,4,6H2/t9-,11+/m0/s1. The molecule has 17 heavy (non-hydrogen) atoms. The van der Waals surface area contributed by atoms with Gasteiger partial charge < -0.3 is 10.2 Å². The summed E-state index contributed by atoms with van der Waals surface area (Å²) in [5.41, 5.74) is 1.47. The third-order valence-corrected chi connectivity index (χ3v) is 3.94. The van der Waals surface area contributed by atoms with Crippen LogP contribution in [0.2, 0.25) is 5.15 Å². The van der Waals surface area contributed by atoms with Gasteiger partial charge in [0.25, 0.3) is 0 Å². The average Bonchev–Trinajstić information content (AvgIpc) is 2.73. The number of hydrogen-bond acceptors (Lipinski definition) is 4. The lowest BCUT2D eigenvalue weighted by atomic mass is 10.0. The first-order chi connectivity index (χ1) is 8.28. The number of aromatic nitrogens is 1. The van der Waals surface area contributed by atoms with E-state index >= 15 is 0 Å². The Morgan fingerprint density at radius 3 is 3.29 bits per heavy atom. The smallest absolute Gasteiger partial charge is 0.146 e. The molecule has 88 valence electrons. The largest absolute Gasteiger partial charge is 0.366 e. The van der Waals surface area contributed by atoms with Crippen LogP contribution in [0.4, 0.5) is 5.69 Å². The van der Waals surface area contributed by atoms with Crippen molar-refractivity contribution < 1.29 is 0 Å². The molecule has 1 aromatic heterocycles. The van der Waals surface area contributed by atoms with Crippen LogP contribution in [0.5, 0.6) is 0 Å². The molecule has 1 N–H and O–H groups in total. The van der Waals surface area contributed by atoms with Crippen molar-refractivity contribution in [1.82, 2.24) is 10.3 Å². The summed E-state index contributed by atoms with van der Waals surface area (Å²) in [4.78, 5) is 6.42. The lowest BCUT2D eigenvalue weighted by molar-refractivity contribution is 0.490. The average molecular weight is 249 g/mol. The van der Waals surface area contributed by atoms with Crippen LogP contribution in [0, 0.1) is 11.3 Å². The minimum atomic E-state index is 0.288. The van der Waals surface area contributed by atoms with Crippen LogP contribution in [0.15, 0.2) is 12.3 Å². The lowest BCUT2D eigenvalue weighted by Gasteiger charge is -2.34. The van der Waals surface area contributed by atoms with E-state index in [1.807, 2.05) is 6.07 Å². The Labute approximate surface area is 105 Å². The highest BCUT2D eigenvalue weighted by atomic mass is 35.5. The topological polar surface area (TPSA) is 52.0 Å². The predicted molar refractivity (Wildman–Crippen MR) is 66.1 cm³/mol. The first-order valence-corrected chi connectivity index (χ1v) is 6.21. The van der Waals surface area contributed by atoms with Crippen molar-refractivity contribution in [3.05, 3.63) is 23.0 Å². The highest BCUT2D eigenvalue weighted by Gasteiger charge is 2.34. The molecule has 1 aromatic rings. The van der Waals surface area contributed by atoms with Gasteiger partial charge in [0.1, 0.15) is 11.2 Å². The van der Waals surface area contributed by atoms with Crippen LogP contribution in [0.3, 0.4) is 0 Å². The van der Waals surface area contributed by atoms with E-state index in [2.05, 4.69) is 21.3 Å². The quantitative estimate of drug-likeness (QED) is 0.767. The van der Waals surface area contributed by atoms with Gasteiger partial charge >= 0.3 is 0 Å². The Morgan fingerprint density at radius 2 is 2.47 bits per heavy atom. The second-order valence-corrected chi connectivity index (χ2v) is 4.98. The maximum absolute atomic E-state index is 8.97. The fourth-order valence-corrected chi connectivity index (χ4v) is 2.89. The van der Waals surface area contributed by atoms with Crippen LogP contribution in [-0.4, -0.2) is 30.2 Å². The maximum Gasteiger partial charge on any atom is 0.146 e. The summed E-state index contributed by atoms with van der Waals surface area (Å²) in [6.07, 6.45) is 4.10. The summed E-state index contributed by atoms with van der Waals surface area (Å²) >= 11 is 5.85. The normalized spacial score (nSPS) is 26.9. The molecule has 0 unspecified atom stereocenters. The van der Waals surface area contributed by atoms with Crippen molar-refractivity contribution in [3.8, 4) is 6.07 Å². The number of hydrogen-bond donors (Lipinski definition) is 1. The van der Waals surface area contributed by atoms with Crippen LogP contribution >= 0.6 is 11.6 Å². The molecule has 4 nitrogen and oxygen atoms in total. The van der Waals surface area contributed by atoms with Crippen LogP contribution in [0.1, 0.15) is 18.4 Å². The lowest BCUT2D eigenvalue weighted by Crippen LogP contribution is -2.40. The Kier molecular flexibility index (Phi) is 2.65. The highest BCUT2D eigenvalue weighted by Crippen LogP contribution is 2.29. The summed E-state index contributed by atoms with van der Waals surface area (Å²) in [6, 6.07) is 5.13. The van der Waals surface area contributed by atoms with E-state index in [9.17, 15) is 0 Å². The van der Waals surface area contributed by atoms with Crippen molar-refractivity contribution in [2.24, 2.45) is 0 Å². The summed E-state index contributed by atoms with van der Waals surface area (Å²) in [7, 11) is 0. The van der Waals surface area contributed by atoms with Gasteiger partial charge in [-0.2, -0.15) is 5.26 Å². The van der Waals surface area contributed by atoms with Gasteiger partial charge in [-0.05, 0) is 18.9 Å². The molecule has 2 saturated heterocycles. The summed E-state index contributed by atoms with van der Waals surface area (Å²) in [6.45, 7) is 2.05. The van der Waals surface area contributed by atoms with Crippen molar-refractivity contribution >= 4 is 17.3 Å². The predicted octanol–water partition coefficient (Wildman–Crippen LogP) is 1.55. The zero-order valence-electron chi connectivity index (χ0n) is 9.36. The van der Waals surface area contributed by atoms with Gasteiger partial charge in [-0.25, -0.2) is 4.98 Å². The van der Waals surface area contributed by atoms with Gasteiger partial charge in [0.15, 0.2) is 0 Å². The minimum absolute atomic E-state index is 0.288. The molecule has 0 aliphatic carbocycles. The Bertz CT molecular complexity index is 482. The number of pyridine rings is 1. The van der Waals surface area contributed by atoms with E-state index in [4.69, 9.17) is 16.9 Å². The van der Waals surface area contributed by atoms with Crippen molar-refractivity contribution in [2.75, 3.05) is 18.0 Å². The van der Waals surface area contributed by atoms with Crippen molar-refractivity contribution in [1.29, 1.82) is 5.26 Å². The molecule has 3 heterocycles. The monoisotopic (exact) mass is 248 g/mol. The molecule has 2 bridgehead atoms. The van der Waals surface area contributed by atoms with E-state index in [-0.39, 0.29) is 5.15 Å². The second kappa shape index (κ2) is 4.17. The molecule has 0 amide bonds. The number of nitriles is 1. The Hall–Kier alpha value is -1.31. The molecule has 2 atom stereocenters. The molecule has 0 aromatic carbocycles. The van der Waals surface area contributed by atoms with E-state index < -0.39 is 0 Å². The van der Waals surface area contributed by atoms with Crippen LogP contribution in [-0.2, 0) is 0 Å². The fourth-order valence-electron chi connectivity index (χ4n) is 2.75. The molecular weight excluding hydrogens is 236 g/mol. The van der Waals surface area contributed by atoms with Crippen LogP contribution in [0.25, 0.3) is 0 Å². The molecule has 0 spiro atoms. The number of piperidine rings is 1. The fraction of sp³-hybridized carbons (Fsp3) is 0.500. The highest BCUT2D eigenvalue weighted by molar-refractivity contribution is 6.30. The van der Waals surface area contributed by atoms with Crippen LogP contribution < -0.4 is 10.2 Å². The number of rotatable bonds is 1. The van der Waals surface area contributed by atoms with Gasteiger partial charge in [0.05, 0.1) is 17.4 Å². The first-order valence-electron chi connectivity index (χ1n) is 5.83. The number of nitrogens with zero attached hydrogens (tertiary/aromatic N) is 3. The molecule has 0 saturated carbocycles. The first kappa shape index (κ1) is 10.8. The van der Waals surface area contributed by atoms with E-state index in [0.717, 1.165) is 25.2 Å². The molecular formula is C12H13ClN4. The summed E-state index contributed by atoms with van der Waals surface area (Å²) in [5, 5.41) is 12.8. The number of halogens is 1. The summed E-state index contributed by atoms with van der Waals surface area (Å²) < 4.78 is 0. The van der Waals surface area contributed by atoms with Crippen molar-refractivity contribution in [2.45, 2.75) is 24.9 Å². The molecule has 3 rings (SSSR count). The number of fused-ring (bicyclic) bond motifs is 2. The van der Waals surface area contributed by atoms with E-state index in [0.29, 0.717) is 17.6 Å². The van der Waals surface area contributed by atoms with Crippen molar-refractivity contribution in [3.63, 3.8) is 0 Å². The molecule has 2 aliphatic rings. The SMILES string of the molecule is N#Cc1cc(N2CC[C@H]3C[C@@H]2CN3)cnc1Cl. The van der Waals surface area contributed by atoms with Gasteiger partial charge in [-0.15, -0.1) is 0 Å². The van der Waals surface area contributed by atoms with E-state index in [1.54, 1.807) is 6.20 Å². The third-order valence-electron chi connectivity index (χ3n) is 3.63. The molecule has 0 radical (unpaired) electrons.